The number of anilines is 1. The Morgan fingerprint density at radius 1 is 1.45 bits per heavy atom. The van der Waals surface area contributed by atoms with Crippen LogP contribution < -0.4 is 11.1 Å². The molecule has 1 aliphatic carbocycles. The number of nitrogens with zero attached hydrogens (tertiary/aromatic N) is 1. The third-order valence-electron chi connectivity index (χ3n) is 4.24. The van der Waals surface area contributed by atoms with Crippen molar-refractivity contribution in [2.45, 2.75) is 38.1 Å². The van der Waals surface area contributed by atoms with E-state index >= 15 is 0 Å². The van der Waals surface area contributed by atoms with Gasteiger partial charge in [0, 0.05) is 18.8 Å². The van der Waals surface area contributed by atoms with E-state index in [4.69, 9.17) is 10.5 Å². The van der Waals surface area contributed by atoms with Gasteiger partial charge in [0.1, 0.15) is 5.69 Å². The van der Waals surface area contributed by atoms with Crippen molar-refractivity contribution >= 4 is 30.0 Å². The zero-order valence-electron chi connectivity index (χ0n) is 13.2. The van der Waals surface area contributed by atoms with Gasteiger partial charge >= 0.3 is 5.97 Å². The summed E-state index contributed by atoms with van der Waals surface area (Å²) in [7, 11) is 3.06. The molecule has 22 heavy (non-hydrogen) atoms. The van der Waals surface area contributed by atoms with E-state index in [0.717, 1.165) is 25.7 Å². The van der Waals surface area contributed by atoms with Gasteiger partial charge in [0.05, 0.1) is 18.7 Å². The van der Waals surface area contributed by atoms with Crippen molar-refractivity contribution in [1.82, 2.24) is 4.57 Å². The number of nitrogens with two attached hydrogens (primary N) is 1. The van der Waals surface area contributed by atoms with Gasteiger partial charge in [0.15, 0.2) is 0 Å². The molecule has 0 aliphatic heterocycles. The number of aromatic nitrogens is 1. The minimum absolute atomic E-state index is 0. The van der Waals surface area contributed by atoms with Gasteiger partial charge in [-0.15, -0.1) is 12.4 Å². The van der Waals surface area contributed by atoms with Gasteiger partial charge in [0.2, 0.25) is 5.91 Å². The normalized spacial score (nSPS) is 24.3. The number of ether oxygens (including phenoxy) is 1. The van der Waals surface area contributed by atoms with E-state index in [1.807, 2.05) is 6.92 Å². The molecule has 0 spiro atoms. The first-order valence-corrected chi connectivity index (χ1v) is 7.19. The summed E-state index contributed by atoms with van der Waals surface area (Å²) in [5, 5.41) is 2.86. The van der Waals surface area contributed by atoms with Crippen LogP contribution in [0.4, 0.5) is 5.69 Å². The second-order valence-electron chi connectivity index (χ2n) is 6.01. The molecule has 1 fully saturated rings. The molecule has 0 bridgehead atoms. The summed E-state index contributed by atoms with van der Waals surface area (Å²) in [6, 6.07) is 1.61. The standard InChI is InChI=1S/C15H23N3O3.ClH/c1-15(16)7-5-4-6-11(15)13(19)17-10-8-12(14(20)21-3)18(2)9-10;/h8-9,11H,4-7,16H2,1-3H3,(H,17,19);1H. The van der Waals surface area contributed by atoms with E-state index in [1.54, 1.807) is 23.9 Å². The predicted octanol–water partition coefficient (Wildman–Crippen LogP) is 2.08. The van der Waals surface area contributed by atoms with E-state index < -0.39 is 11.5 Å². The van der Waals surface area contributed by atoms with Gasteiger partial charge in [-0.05, 0) is 25.8 Å². The molecule has 1 amide bonds. The van der Waals surface area contributed by atoms with Crippen LogP contribution in [0.25, 0.3) is 0 Å². The van der Waals surface area contributed by atoms with Crippen molar-refractivity contribution < 1.29 is 14.3 Å². The van der Waals surface area contributed by atoms with Crippen molar-refractivity contribution in [3.05, 3.63) is 18.0 Å². The van der Waals surface area contributed by atoms with Crippen molar-refractivity contribution in [3.63, 3.8) is 0 Å². The Labute approximate surface area is 136 Å². The summed E-state index contributed by atoms with van der Waals surface area (Å²) in [6.07, 6.45) is 5.44. The Balaban J connectivity index is 0.00000242. The highest BCUT2D eigenvalue weighted by Gasteiger charge is 2.37. The van der Waals surface area contributed by atoms with Gasteiger partial charge in [0.25, 0.3) is 0 Å². The van der Waals surface area contributed by atoms with Crippen molar-refractivity contribution in [2.24, 2.45) is 18.7 Å². The fourth-order valence-corrected chi connectivity index (χ4v) is 2.96. The summed E-state index contributed by atoms with van der Waals surface area (Å²) in [5.74, 6) is -0.714. The lowest BCUT2D eigenvalue weighted by molar-refractivity contribution is -0.122. The fourth-order valence-electron chi connectivity index (χ4n) is 2.96. The molecule has 0 saturated heterocycles. The highest BCUT2D eigenvalue weighted by molar-refractivity contribution is 5.95. The van der Waals surface area contributed by atoms with Crippen LogP contribution >= 0.6 is 12.4 Å². The molecule has 3 N–H and O–H groups in total. The topological polar surface area (TPSA) is 86.3 Å². The SMILES string of the molecule is COC(=O)c1cc(NC(=O)C2CCCCC2(C)N)cn1C.Cl. The molecule has 1 saturated carbocycles. The quantitative estimate of drug-likeness (QED) is 0.831. The number of methoxy groups -OCH3 is 1. The minimum atomic E-state index is -0.470. The fraction of sp³-hybridized carbons (Fsp3) is 0.600. The molecule has 1 aliphatic rings. The number of hydrogen-bond donors (Lipinski definition) is 2. The second kappa shape index (κ2) is 7.15. The first kappa shape index (κ1) is 18.5. The maximum Gasteiger partial charge on any atom is 0.354 e. The molecule has 1 aromatic heterocycles. The predicted molar refractivity (Wildman–Crippen MR) is 87.2 cm³/mol. The molecule has 7 heteroatoms. The monoisotopic (exact) mass is 329 g/mol. The van der Waals surface area contributed by atoms with Gasteiger partial charge in [-0.3, -0.25) is 4.79 Å². The third kappa shape index (κ3) is 3.81. The number of hydrogen-bond acceptors (Lipinski definition) is 4. The van der Waals surface area contributed by atoms with Crippen LogP contribution in [-0.2, 0) is 16.6 Å². The Morgan fingerprint density at radius 2 is 2.14 bits per heavy atom. The Kier molecular flexibility index (Phi) is 6.02. The smallest absolute Gasteiger partial charge is 0.354 e. The Morgan fingerprint density at radius 3 is 2.73 bits per heavy atom. The number of carbonyl (C=O) groups is 2. The Bertz CT molecular complexity index is 554. The number of halogens is 1. The van der Waals surface area contributed by atoms with E-state index in [-0.39, 0.29) is 24.2 Å². The Hall–Kier alpha value is -1.53. The first-order chi connectivity index (χ1) is 9.85. The molecule has 124 valence electrons. The van der Waals surface area contributed by atoms with Crippen LogP contribution in [0.5, 0.6) is 0 Å². The largest absolute Gasteiger partial charge is 0.464 e. The van der Waals surface area contributed by atoms with Gasteiger partial charge < -0.3 is 20.4 Å². The summed E-state index contributed by atoms with van der Waals surface area (Å²) in [6.45, 7) is 1.93. The molecule has 0 radical (unpaired) electrons. The molecule has 0 aromatic carbocycles. The molecular weight excluding hydrogens is 306 g/mol. The average Bonchev–Trinajstić information content (AvgIpc) is 2.78. The van der Waals surface area contributed by atoms with Crippen LogP contribution in [0.1, 0.15) is 43.1 Å². The number of esters is 1. The van der Waals surface area contributed by atoms with Gasteiger partial charge in [-0.2, -0.15) is 0 Å². The van der Waals surface area contributed by atoms with E-state index in [9.17, 15) is 9.59 Å². The molecule has 1 heterocycles. The molecule has 2 unspecified atom stereocenters. The number of rotatable bonds is 3. The van der Waals surface area contributed by atoms with Crippen LogP contribution in [0.15, 0.2) is 12.3 Å². The molecule has 1 aromatic rings. The van der Waals surface area contributed by atoms with Crippen LogP contribution in [0.2, 0.25) is 0 Å². The highest BCUT2D eigenvalue weighted by Crippen LogP contribution is 2.32. The van der Waals surface area contributed by atoms with E-state index in [1.165, 1.54) is 7.11 Å². The molecular formula is C15H24ClN3O3. The summed E-state index contributed by atoms with van der Waals surface area (Å²) in [5.41, 5.74) is 6.75. The zero-order chi connectivity index (χ0) is 15.6. The lowest BCUT2D eigenvalue weighted by Crippen LogP contribution is -2.51. The minimum Gasteiger partial charge on any atom is -0.464 e. The lowest BCUT2D eigenvalue weighted by Gasteiger charge is -2.37. The lowest BCUT2D eigenvalue weighted by atomic mass is 9.74. The summed E-state index contributed by atoms with van der Waals surface area (Å²) < 4.78 is 6.32. The number of amides is 1. The van der Waals surface area contributed by atoms with Crippen LogP contribution in [-0.4, -0.2) is 29.1 Å². The average molecular weight is 330 g/mol. The highest BCUT2D eigenvalue weighted by atomic mass is 35.5. The number of nitrogens with one attached hydrogen (secondary N) is 1. The van der Waals surface area contributed by atoms with Crippen LogP contribution in [0.3, 0.4) is 0 Å². The number of aryl methyl sites for hydroxylation is 1. The molecule has 2 atom stereocenters. The molecule has 6 nitrogen and oxygen atoms in total. The molecule has 2 rings (SSSR count). The third-order valence-corrected chi connectivity index (χ3v) is 4.24. The van der Waals surface area contributed by atoms with Gasteiger partial charge in [-0.25, -0.2) is 4.79 Å². The summed E-state index contributed by atoms with van der Waals surface area (Å²) in [4.78, 5) is 24.0. The van der Waals surface area contributed by atoms with Crippen molar-refractivity contribution in [1.29, 1.82) is 0 Å². The maximum atomic E-state index is 12.4. The number of carbonyl (C=O) groups excluding carboxylic acids is 2. The van der Waals surface area contributed by atoms with E-state index in [2.05, 4.69) is 5.32 Å². The van der Waals surface area contributed by atoms with Crippen LogP contribution in [0, 0.1) is 5.92 Å². The van der Waals surface area contributed by atoms with E-state index in [0.29, 0.717) is 11.4 Å². The van der Waals surface area contributed by atoms with Crippen molar-refractivity contribution in [2.75, 3.05) is 12.4 Å². The van der Waals surface area contributed by atoms with Gasteiger partial charge in [-0.1, -0.05) is 12.8 Å². The second-order valence-corrected chi connectivity index (χ2v) is 6.01. The van der Waals surface area contributed by atoms with Crippen molar-refractivity contribution in [3.8, 4) is 0 Å². The first-order valence-electron chi connectivity index (χ1n) is 7.19. The maximum absolute atomic E-state index is 12.4. The zero-order valence-corrected chi connectivity index (χ0v) is 14.0. The summed E-state index contributed by atoms with van der Waals surface area (Å²) >= 11 is 0.